The number of nitrogens with zero attached hydrogens (tertiary/aromatic N) is 2. The Morgan fingerprint density at radius 3 is 2.83 bits per heavy atom. The molecule has 1 atom stereocenters. The van der Waals surface area contributed by atoms with Gasteiger partial charge in [-0.25, -0.2) is 9.37 Å². The molecule has 0 N–H and O–H groups in total. The van der Waals surface area contributed by atoms with E-state index in [2.05, 4.69) is 4.98 Å². The first kappa shape index (κ1) is 11.7. The molecule has 0 amide bonds. The number of hydrogen-bond acceptors (Lipinski definition) is 2. The van der Waals surface area contributed by atoms with Crippen LogP contribution >= 0.6 is 11.6 Å². The lowest BCUT2D eigenvalue weighted by atomic mass is 10.2. The molecule has 1 aliphatic rings. The lowest BCUT2D eigenvalue weighted by Gasteiger charge is -2.14. The average molecular weight is 267 g/mol. The van der Waals surface area contributed by atoms with Crippen molar-refractivity contribution in [1.82, 2.24) is 9.55 Å². The van der Waals surface area contributed by atoms with Gasteiger partial charge in [0, 0.05) is 6.04 Å². The fraction of sp³-hybridized carbons (Fsp3) is 0.385. The van der Waals surface area contributed by atoms with E-state index >= 15 is 0 Å². The van der Waals surface area contributed by atoms with Gasteiger partial charge in [0.15, 0.2) is 0 Å². The summed E-state index contributed by atoms with van der Waals surface area (Å²) < 4.78 is 14.8. The maximum absolute atomic E-state index is 13.2. The number of alkyl halides is 1. The highest BCUT2D eigenvalue weighted by Crippen LogP contribution is 2.36. The van der Waals surface area contributed by atoms with Crippen molar-refractivity contribution in [3.05, 3.63) is 40.2 Å². The van der Waals surface area contributed by atoms with Gasteiger partial charge >= 0.3 is 0 Å². The van der Waals surface area contributed by atoms with Crippen molar-refractivity contribution in [2.45, 2.75) is 31.2 Å². The summed E-state index contributed by atoms with van der Waals surface area (Å²) in [6.45, 7) is 1.79. The number of fused-ring (bicyclic) bond motifs is 1. The topological polar surface area (TPSA) is 34.9 Å². The molecule has 1 aromatic heterocycles. The number of halogens is 2. The third-order valence-electron chi connectivity index (χ3n) is 3.16. The van der Waals surface area contributed by atoms with Crippen molar-refractivity contribution in [1.29, 1.82) is 0 Å². The molecular weight excluding hydrogens is 255 g/mol. The molecule has 3 nitrogen and oxygen atoms in total. The van der Waals surface area contributed by atoms with Crippen molar-refractivity contribution in [3.63, 3.8) is 0 Å². The van der Waals surface area contributed by atoms with E-state index in [-0.39, 0.29) is 17.0 Å². The quantitative estimate of drug-likeness (QED) is 0.783. The van der Waals surface area contributed by atoms with Gasteiger partial charge in [-0.1, -0.05) is 0 Å². The van der Waals surface area contributed by atoms with E-state index in [4.69, 9.17) is 11.6 Å². The van der Waals surface area contributed by atoms with Crippen molar-refractivity contribution in [2.24, 2.45) is 0 Å². The monoisotopic (exact) mass is 266 g/mol. The van der Waals surface area contributed by atoms with Crippen molar-refractivity contribution in [3.8, 4) is 0 Å². The predicted molar refractivity (Wildman–Crippen MR) is 68.5 cm³/mol. The Balaban J connectivity index is 2.38. The summed E-state index contributed by atoms with van der Waals surface area (Å²) in [5, 5.41) is -0.0179. The molecule has 1 aromatic carbocycles. The highest BCUT2D eigenvalue weighted by atomic mass is 35.5. The normalized spacial score (nSPS) is 17.1. The zero-order valence-corrected chi connectivity index (χ0v) is 10.6. The summed E-state index contributed by atoms with van der Waals surface area (Å²) in [5.41, 5.74) is 0.310. The zero-order chi connectivity index (χ0) is 12.9. The van der Waals surface area contributed by atoms with Gasteiger partial charge < -0.3 is 0 Å². The second kappa shape index (κ2) is 4.05. The molecule has 5 heteroatoms. The molecule has 3 rings (SSSR count). The van der Waals surface area contributed by atoms with Crippen LogP contribution in [0.4, 0.5) is 4.39 Å². The molecule has 0 radical (unpaired) electrons. The maximum Gasteiger partial charge on any atom is 0.261 e. The van der Waals surface area contributed by atoms with Gasteiger partial charge in [0.05, 0.1) is 16.3 Å². The van der Waals surface area contributed by atoms with Crippen LogP contribution in [0.5, 0.6) is 0 Å². The van der Waals surface area contributed by atoms with Crippen LogP contribution in [-0.2, 0) is 0 Å². The van der Waals surface area contributed by atoms with Crippen molar-refractivity contribution in [2.75, 3.05) is 0 Å². The largest absolute Gasteiger partial charge is 0.292 e. The van der Waals surface area contributed by atoms with Crippen LogP contribution in [0.15, 0.2) is 23.0 Å². The maximum atomic E-state index is 13.2. The first-order chi connectivity index (χ1) is 8.58. The predicted octanol–water partition coefficient (Wildman–Crippen LogP) is 3.17. The molecule has 1 fully saturated rings. The van der Waals surface area contributed by atoms with Crippen LogP contribution in [0.25, 0.3) is 10.9 Å². The Hall–Kier alpha value is -1.42. The molecule has 0 aliphatic heterocycles. The van der Waals surface area contributed by atoms with E-state index in [1.54, 1.807) is 11.5 Å². The molecular formula is C13H12ClFN2O. The minimum atomic E-state index is -0.421. The number of aromatic nitrogens is 2. The van der Waals surface area contributed by atoms with E-state index in [9.17, 15) is 9.18 Å². The van der Waals surface area contributed by atoms with E-state index in [1.807, 2.05) is 0 Å². The number of rotatable bonds is 2. The van der Waals surface area contributed by atoms with Gasteiger partial charge in [-0.3, -0.25) is 9.36 Å². The van der Waals surface area contributed by atoms with Crippen LogP contribution in [0.3, 0.4) is 0 Å². The van der Waals surface area contributed by atoms with Crippen LogP contribution in [0.2, 0.25) is 0 Å². The van der Waals surface area contributed by atoms with Crippen molar-refractivity contribution >= 4 is 22.5 Å². The van der Waals surface area contributed by atoms with Crippen LogP contribution in [-0.4, -0.2) is 9.55 Å². The van der Waals surface area contributed by atoms with Gasteiger partial charge in [-0.15, -0.1) is 11.6 Å². The van der Waals surface area contributed by atoms with Gasteiger partial charge in [0.2, 0.25) is 0 Å². The first-order valence-corrected chi connectivity index (χ1v) is 6.37. The van der Waals surface area contributed by atoms with Gasteiger partial charge in [-0.05, 0) is 38.0 Å². The zero-order valence-electron chi connectivity index (χ0n) is 9.86. The summed E-state index contributed by atoms with van der Waals surface area (Å²) in [6.07, 6.45) is 1.91. The van der Waals surface area contributed by atoms with E-state index < -0.39 is 5.82 Å². The SMILES string of the molecule is C[C@@H](Cl)c1nc2ccc(F)cc2c(=O)n1C1CC1. The lowest BCUT2D eigenvalue weighted by molar-refractivity contribution is 0.624. The molecule has 1 heterocycles. The van der Waals surface area contributed by atoms with E-state index in [0.29, 0.717) is 16.7 Å². The lowest BCUT2D eigenvalue weighted by Crippen LogP contribution is -2.25. The molecule has 18 heavy (non-hydrogen) atoms. The van der Waals surface area contributed by atoms with E-state index in [1.165, 1.54) is 18.2 Å². The second-order valence-electron chi connectivity index (χ2n) is 4.65. The summed E-state index contributed by atoms with van der Waals surface area (Å²) >= 11 is 6.09. The Kier molecular flexibility index (Phi) is 2.63. The van der Waals surface area contributed by atoms with Gasteiger partial charge in [0.1, 0.15) is 11.6 Å². The smallest absolute Gasteiger partial charge is 0.261 e. The Morgan fingerprint density at radius 1 is 1.50 bits per heavy atom. The molecule has 0 unspecified atom stereocenters. The first-order valence-electron chi connectivity index (χ1n) is 5.93. The Morgan fingerprint density at radius 2 is 2.22 bits per heavy atom. The van der Waals surface area contributed by atoms with Gasteiger partial charge in [0.25, 0.3) is 5.56 Å². The highest BCUT2D eigenvalue weighted by Gasteiger charge is 2.29. The molecule has 2 aromatic rings. The summed E-state index contributed by atoms with van der Waals surface area (Å²) in [6, 6.07) is 4.24. The minimum Gasteiger partial charge on any atom is -0.292 e. The van der Waals surface area contributed by atoms with Crippen LogP contribution < -0.4 is 5.56 Å². The third-order valence-corrected chi connectivity index (χ3v) is 3.35. The molecule has 1 saturated carbocycles. The number of hydrogen-bond donors (Lipinski definition) is 0. The average Bonchev–Trinajstić information content (AvgIpc) is 3.13. The van der Waals surface area contributed by atoms with Crippen molar-refractivity contribution < 1.29 is 4.39 Å². The third kappa shape index (κ3) is 1.81. The van der Waals surface area contributed by atoms with E-state index in [0.717, 1.165) is 12.8 Å². The highest BCUT2D eigenvalue weighted by molar-refractivity contribution is 6.20. The minimum absolute atomic E-state index is 0.175. The number of benzene rings is 1. The Labute approximate surface area is 108 Å². The molecule has 0 bridgehead atoms. The molecule has 1 aliphatic carbocycles. The fourth-order valence-electron chi connectivity index (χ4n) is 2.15. The molecule has 94 valence electrons. The Bertz CT molecular complexity index is 676. The molecule has 0 spiro atoms. The van der Waals surface area contributed by atoms with Crippen LogP contribution in [0.1, 0.15) is 37.0 Å². The fourth-order valence-corrected chi connectivity index (χ4v) is 2.31. The molecule has 0 saturated heterocycles. The standard InChI is InChI=1S/C13H12ClFN2O/c1-7(14)12-16-11-5-2-8(15)6-10(11)13(18)17(12)9-3-4-9/h2,5-7,9H,3-4H2,1H3/t7-/m1/s1. The van der Waals surface area contributed by atoms with Crippen LogP contribution in [0, 0.1) is 5.82 Å². The summed E-state index contributed by atoms with van der Waals surface area (Å²) in [4.78, 5) is 16.8. The summed E-state index contributed by atoms with van der Waals surface area (Å²) in [7, 11) is 0. The summed E-state index contributed by atoms with van der Waals surface area (Å²) in [5.74, 6) is 0.152. The second-order valence-corrected chi connectivity index (χ2v) is 5.31. The van der Waals surface area contributed by atoms with Gasteiger partial charge in [-0.2, -0.15) is 0 Å².